The first kappa shape index (κ1) is 28.6. The number of hydrogen-bond donors (Lipinski definition) is 2. The number of ether oxygens (including phenoxy) is 1. The number of fused-ring (bicyclic) bond motifs is 9. The van der Waals surface area contributed by atoms with Crippen LogP contribution in [-0.4, -0.2) is 53.1 Å². The van der Waals surface area contributed by atoms with Crippen LogP contribution in [0.3, 0.4) is 0 Å². The molecule has 0 spiro atoms. The van der Waals surface area contributed by atoms with E-state index in [1.165, 1.54) is 0 Å². The molecule has 0 aliphatic carbocycles. The van der Waals surface area contributed by atoms with Gasteiger partial charge in [-0.05, 0) is 68.2 Å². The monoisotopic (exact) mass is 624 g/mol. The standard InChI is InChI=1S/C32H34ClN3O6S/c1-32(13-4-8-29(37)38)23-18-20(33)9-10-24(23)34-15-11-27-21(30(32)34)19-22-28(42-27)12-16-36-26-7-3-2-6-25(26)35(31(22)36)14-5-17-43(39,40)41/h2-3,6-7,9-10,18-19,27-28H,4-5,8,11-17H2,1H3,(H-,37,38,39,40,41)/p+1. The first-order chi connectivity index (χ1) is 20.5. The van der Waals surface area contributed by atoms with Crippen molar-refractivity contribution in [3.05, 3.63) is 76.2 Å². The number of aryl methyl sites for hydroxylation is 2. The minimum atomic E-state index is -4.07. The van der Waals surface area contributed by atoms with E-state index in [0.717, 1.165) is 70.9 Å². The Morgan fingerprint density at radius 1 is 1.16 bits per heavy atom. The van der Waals surface area contributed by atoms with Crippen LogP contribution in [0.5, 0.6) is 0 Å². The van der Waals surface area contributed by atoms with Crippen LogP contribution < -0.4 is 9.47 Å². The molecule has 0 radical (unpaired) electrons. The zero-order chi connectivity index (χ0) is 30.1. The second kappa shape index (κ2) is 10.5. The SMILES string of the molecule is CC1(CCCC(=O)O)C2=C3C=C4c5n(CCCS(=O)(=O)O)c6ccccc6[n+]5CCC4OC3CCN2c2ccc(Cl)cc21. The average molecular weight is 625 g/mol. The molecule has 43 heavy (non-hydrogen) atoms. The van der Waals surface area contributed by atoms with Gasteiger partial charge in [0.05, 0.1) is 36.6 Å². The quantitative estimate of drug-likeness (QED) is 0.265. The van der Waals surface area contributed by atoms with Gasteiger partial charge in [-0.3, -0.25) is 9.35 Å². The lowest BCUT2D eigenvalue weighted by atomic mass is 9.74. The molecule has 0 bridgehead atoms. The summed E-state index contributed by atoms with van der Waals surface area (Å²) in [5.74, 6) is -0.106. The molecule has 3 aromatic rings. The van der Waals surface area contributed by atoms with E-state index in [1.807, 2.05) is 24.3 Å². The van der Waals surface area contributed by atoms with Crippen molar-refractivity contribution in [1.29, 1.82) is 0 Å². The third-order valence-corrected chi connectivity index (χ3v) is 10.6. The highest BCUT2D eigenvalue weighted by atomic mass is 35.5. The Morgan fingerprint density at radius 3 is 2.77 bits per heavy atom. The van der Waals surface area contributed by atoms with Crippen LogP contribution >= 0.6 is 11.6 Å². The van der Waals surface area contributed by atoms with Crippen LogP contribution in [0.1, 0.15) is 56.8 Å². The number of nitrogens with zero attached hydrogens (tertiary/aromatic N) is 3. The maximum atomic E-state index is 11.5. The molecule has 0 saturated heterocycles. The molecule has 0 saturated carbocycles. The van der Waals surface area contributed by atoms with Crippen molar-refractivity contribution in [2.45, 2.75) is 76.2 Å². The third kappa shape index (κ3) is 4.79. The van der Waals surface area contributed by atoms with Gasteiger partial charge in [-0.25, -0.2) is 9.13 Å². The van der Waals surface area contributed by atoms with Crippen LogP contribution in [0, 0.1) is 0 Å². The highest BCUT2D eigenvalue weighted by Gasteiger charge is 2.50. The van der Waals surface area contributed by atoms with E-state index < -0.39 is 21.5 Å². The highest BCUT2D eigenvalue weighted by molar-refractivity contribution is 7.85. The van der Waals surface area contributed by atoms with Gasteiger partial charge in [-0.15, -0.1) is 0 Å². The number of carbonyl (C=O) groups is 1. The molecule has 0 fully saturated rings. The molecule has 2 N–H and O–H groups in total. The molecule has 2 aromatic carbocycles. The van der Waals surface area contributed by atoms with Gasteiger partial charge in [0.1, 0.15) is 0 Å². The topological polar surface area (TPSA) is 113 Å². The number of aliphatic carboxylic acids is 1. The summed E-state index contributed by atoms with van der Waals surface area (Å²) in [5.41, 5.74) is 7.22. The maximum Gasteiger partial charge on any atom is 0.303 e. The van der Waals surface area contributed by atoms with Crippen molar-refractivity contribution in [3.63, 3.8) is 0 Å². The van der Waals surface area contributed by atoms with Crippen molar-refractivity contribution < 1.29 is 32.2 Å². The fraction of sp³-hybridized carbons (Fsp3) is 0.438. The summed E-state index contributed by atoms with van der Waals surface area (Å²) in [5, 5.41) is 10.1. The molecule has 0 amide bonds. The minimum Gasteiger partial charge on any atom is -0.481 e. The van der Waals surface area contributed by atoms with Crippen LogP contribution in [0.15, 0.2) is 59.8 Å². The number of imidazole rings is 1. The lowest BCUT2D eigenvalue weighted by molar-refractivity contribution is -0.679. The largest absolute Gasteiger partial charge is 0.481 e. The Labute approximate surface area is 255 Å². The summed E-state index contributed by atoms with van der Waals surface area (Å²) < 4.78 is 43.9. The molecular weight excluding hydrogens is 590 g/mol. The summed E-state index contributed by atoms with van der Waals surface area (Å²) in [6.07, 6.45) is 5.38. The first-order valence-electron chi connectivity index (χ1n) is 14.9. The van der Waals surface area contributed by atoms with Crippen LogP contribution in [0.2, 0.25) is 5.02 Å². The van der Waals surface area contributed by atoms with Gasteiger partial charge in [0.25, 0.3) is 15.9 Å². The Bertz CT molecular complexity index is 1830. The van der Waals surface area contributed by atoms with Crippen LogP contribution in [-0.2, 0) is 38.2 Å². The van der Waals surface area contributed by atoms with Gasteiger partial charge in [0.15, 0.2) is 11.0 Å². The molecule has 7 rings (SSSR count). The summed E-state index contributed by atoms with van der Waals surface area (Å²) in [6, 6.07) is 14.2. The molecule has 9 nitrogen and oxygen atoms in total. The summed E-state index contributed by atoms with van der Waals surface area (Å²) in [6.45, 7) is 4.22. The number of carboxylic acid groups (broad SMARTS) is 1. The van der Waals surface area contributed by atoms with Crippen molar-refractivity contribution in [1.82, 2.24) is 4.57 Å². The van der Waals surface area contributed by atoms with E-state index in [-0.39, 0.29) is 30.8 Å². The van der Waals surface area contributed by atoms with Crippen molar-refractivity contribution >= 4 is 50.0 Å². The van der Waals surface area contributed by atoms with Crippen molar-refractivity contribution in [3.8, 4) is 0 Å². The van der Waals surface area contributed by atoms with E-state index in [2.05, 4.69) is 45.2 Å². The third-order valence-electron chi connectivity index (χ3n) is 9.56. The first-order valence-corrected chi connectivity index (χ1v) is 16.9. The molecule has 3 unspecified atom stereocenters. The summed E-state index contributed by atoms with van der Waals surface area (Å²) in [7, 11) is -4.07. The highest BCUT2D eigenvalue weighted by Crippen LogP contribution is 2.55. The van der Waals surface area contributed by atoms with Crippen LogP contribution in [0.4, 0.5) is 5.69 Å². The Hall–Kier alpha value is -3.18. The zero-order valence-corrected chi connectivity index (χ0v) is 25.6. The van der Waals surface area contributed by atoms with Crippen molar-refractivity contribution in [2.75, 3.05) is 17.2 Å². The molecule has 5 heterocycles. The number of para-hydroxylation sites is 2. The number of carboxylic acids is 1. The lowest BCUT2D eigenvalue weighted by Gasteiger charge is -2.42. The second-order valence-corrected chi connectivity index (χ2v) is 14.3. The minimum absolute atomic E-state index is 0.0764. The molecule has 4 aliphatic rings. The van der Waals surface area contributed by atoms with Gasteiger partial charge in [0, 0.05) is 53.2 Å². The lowest BCUT2D eigenvalue weighted by Crippen LogP contribution is -2.49. The van der Waals surface area contributed by atoms with E-state index in [0.29, 0.717) is 24.4 Å². The predicted octanol–water partition coefficient (Wildman–Crippen LogP) is 5.11. The van der Waals surface area contributed by atoms with Gasteiger partial charge in [0.2, 0.25) is 0 Å². The average Bonchev–Trinajstić information content (AvgIpc) is 3.41. The molecule has 4 aliphatic heterocycles. The number of hydrogen-bond acceptors (Lipinski definition) is 5. The number of aromatic nitrogens is 2. The van der Waals surface area contributed by atoms with E-state index in [9.17, 15) is 22.9 Å². The maximum absolute atomic E-state index is 11.5. The molecule has 1 aromatic heterocycles. The summed E-state index contributed by atoms with van der Waals surface area (Å²) in [4.78, 5) is 13.8. The number of anilines is 1. The zero-order valence-electron chi connectivity index (χ0n) is 24.0. The molecule has 226 valence electrons. The molecular formula is C32H35ClN3O6S+. The Balaban J connectivity index is 1.40. The fourth-order valence-electron chi connectivity index (χ4n) is 7.82. The van der Waals surface area contributed by atoms with Crippen LogP contribution in [0.25, 0.3) is 16.6 Å². The number of allylic oxidation sites excluding steroid dienone is 1. The molecule has 11 heteroatoms. The predicted molar refractivity (Wildman–Crippen MR) is 164 cm³/mol. The summed E-state index contributed by atoms with van der Waals surface area (Å²) >= 11 is 6.52. The van der Waals surface area contributed by atoms with E-state index in [4.69, 9.17) is 16.3 Å². The normalized spacial score (nSPS) is 24.3. The van der Waals surface area contributed by atoms with Gasteiger partial charge < -0.3 is 14.7 Å². The van der Waals surface area contributed by atoms with E-state index in [1.54, 1.807) is 0 Å². The second-order valence-electron chi connectivity index (χ2n) is 12.2. The van der Waals surface area contributed by atoms with Gasteiger partial charge >= 0.3 is 5.97 Å². The Kier molecular flexibility index (Phi) is 6.96. The fourth-order valence-corrected chi connectivity index (χ4v) is 8.48. The number of halogens is 1. The Morgan fingerprint density at radius 2 is 1.98 bits per heavy atom. The smallest absolute Gasteiger partial charge is 0.303 e. The van der Waals surface area contributed by atoms with E-state index >= 15 is 0 Å². The van der Waals surface area contributed by atoms with Gasteiger partial charge in [-0.2, -0.15) is 8.42 Å². The van der Waals surface area contributed by atoms with Gasteiger partial charge in [-0.1, -0.05) is 23.7 Å². The van der Waals surface area contributed by atoms with Crippen molar-refractivity contribution in [2.24, 2.45) is 0 Å². The number of benzene rings is 2. The number of rotatable bonds is 8. The molecule has 3 atom stereocenters.